The molecule has 0 unspecified atom stereocenters. The average Bonchev–Trinajstić information content (AvgIpc) is 2.37. The van der Waals surface area contributed by atoms with Crippen molar-refractivity contribution in [1.29, 1.82) is 0 Å². The summed E-state index contributed by atoms with van der Waals surface area (Å²) in [4.78, 5) is 23.9. The minimum Gasteiger partial charge on any atom is -0.481 e. The number of halogens is 2. The highest BCUT2D eigenvalue weighted by Crippen LogP contribution is 2.22. The van der Waals surface area contributed by atoms with Crippen LogP contribution in [0.5, 0.6) is 0 Å². The first-order valence-electron chi connectivity index (χ1n) is 6.30. The number of carbonyl (C=O) groups excluding carboxylic acids is 1. The predicted octanol–water partition coefficient (Wildman–Crippen LogP) is 3.71. The Morgan fingerprint density at radius 1 is 1.30 bits per heavy atom. The molecule has 0 spiro atoms. The van der Waals surface area contributed by atoms with Gasteiger partial charge in [0, 0.05) is 35.9 Å². The molecule has 0 heterocycles. The molecule has 0 saturated carbocycles. The van der Waals surface area contributed by atoms with Crippen LogP contribution in [0.2, 0.25) is 5.02 Å². The Labute approximate surface area is 131 Å². The summed E-state index contributed by atoms with van der Waals surface area (Å²) < 4.78 is 0.897. The molecule has 0 bridgehead atoms. The van der Waals surface area contributed by atoms with Gasteiger partial charge in [0.15, 0.2) is 0 Å². The van der Waals surface area contributed by atoms with Crippen LogP contribution in [0, 0.1) is 0 Å². The molecule has 0 aliphatic rings. The molecule has 0 aliphatic heterocycles. The van der Waals surface area contributed by atoms with E-state index in [1.807, 2.05) is 12.1 Å². The molecular formula is C14H17BrClNO3. The third-order valence-electron chi connectivity index (χ3n) is 2.88. The molecule has 1 rings (SSSR count). The maximum Gasteiger partial charge on any atom is 0.303 e. The lowest BCUT2D eigenvalue weighted by Gasteiger charge is -2.18. The minimum atomic E-state index is -0.826. The van der Waals surface area contributed by atoms with Crippen molar-refractivity contribution in [1.82, 2.24) is 4.90 Å². The lowest BCUT2D eigenvalue weighted by Crippen LogP contribution is -2.26. The van der Waals surface area contributed by atoms with Crippen molar-refractivity contribution >= 4 is 39.4 Å². The van der Waals surface area contributed by atoms with Gasteiger partial charge in [-0.25, -0.2) is 0 Å². The zero-order valence-electron chi connectivity index (χ0n) is 11.2. The van der Waals surface area contributed by atoms with E-state index in [2.05, 4.69) is 15.9 Å². The highest BCUT2D eigenvalue weighted by molar-refractivity contribution is 9.10. The van der Waals surface area contributed by atoms with Crippen molar-refractivity contribution in [3.63, 3.8) is 0 Å². The minimum absolute atomic E-state index is 0.00521. The van der Waals surface area contributed by atoms with Crippen molar-refractivity contribution in [2.45, 2.75) is 32.2 Å². The van der Waals surface area contributed by atoms with Gasteiger partial charge in [-0.1, -0.05) is 33.6 Å². The molecule has 4 nitrogen and oxygen atoms in total. The number of carboxylic acids is 1. The number of amides is 1. The van der Waals surface area contributed by atoms with Gasteiger partial charge < -0.3 is 10.0 Å². The summed E-state index contributed by atoms with van der Waals surface area (Å²) in [6.07, 6.45) is 1.57. The number of unbranched alkanes of at least 4 members (excludes halogenated alkanes) is 1. The van der Waals surface area contributed by atoms with Gasteiger partial charge in [0.2, 0.25) is 5.91 Å². The van der Waals surface area contributed by atoms with Crippen molar-refractivity contribution in [3.8, 4) is 0 Å². The second kappa shape index (κ2) is 8.27. The Hall–Kier alpha value is -1.07. The van der Waals surface area contributed by atoms with Gasteiger partial charge in [0.25, 0.3) is 0 Å². The second-order valence-corrected chi connectivity index (χ2v) is 5.91. The number of nitrogens with zero attached hydrogens (tertiary/aromatic N) is 1. The fraction of sp³-hybridized carbons (Fsp3) is 0.429. The topological polar surface area (TPSA) is 57.6 Å². The van der Waals surface area contributed by atoms with E-state index in [0.29, 0.717) is 30.8 Å². The van der Waals surface area contributed by atoms with Crippen molar-refractivity contribution in [2.24, 2.45) is 0 Å². The molecule has 110 valence electrons. The molecule has 0 aromatic heterocycles. The van der Waals surface area contributed by atoms with Crippen LogP contribution in [0.25, 0.3) is 0 Å². The summed E-state index contributed by atoms with van der Waals surface area (Å²) in [6.45, 7) is 0.448. The number of hydrogen-bond acceptors (Lipinski definition) is 2. The zero-order valence-corrected chi connectivity index (χ0v) is 13.6. The summed E-state index contributed by atoms with van der Waals surface area (Å²) in [7, 11) is 1.72. The molecule has 6 heteroatoms. The summed E-state index contributed by atoms with van der Waals surface area (Å²) in [6, 6.07) is 5.55. The molecule has 20 heavy (non-hydrogen) atoms. The molecule has 0 saturated heterocycles. The summed E-state index contributed by atoms with van der Waals surface area (Å²) in [5.74, 6) is -0.832. The van der Waals surface area contributed by atoms with E-state index < -0.39 is 5.97 Å². The zero-order chi connectivity index (χ0) is 15.1. The molecular weight excluding hydrogens is 346 g/mol. The van der Waals surface area contributed by atoms with Crippen LogP contribution in [0.1, 0.15) is 31.2 Å². The molecule has 0 fully saturated rings. The highest BCUT2D eigenvalue weighted by Gasteiger charge is 2.11. The highest BCUT2D eigenvalue weighted by atomic mass is 79.9. The van der Waals surface area contributed by atoms with Crippen LogP contribution in [0.4, 0.5) is 0 Å². The Kier molecular flexibility index (Phi) is 7.02. The summed E-state index contributed by atoms with van der Waals surface area (Å²) in [5, 5.41) is 9.14. The first-order chi connectivity index (χ1) is 9.40. The monoisotopic (exact) mass is 361 g/mol. The molecule has 0 aliphatic carbocycles. The summed E-state index contributed by atoms with van der Waals surface area (Å²) >= 11 is 9.44. The molecule has 0 atom stereocenters. The maximum absolute atomic E-state index is 11.9. The molecule has 1 aromatic carbocycles. The van der Waals surface area contributed by atoms with Gasteiger partial charge in [0.05, 0.1) is 0 Å². The van der Waals surface area contributed by atoms with E-state index in [0.717, 1.165) is 10.0 Å². The normalized spacial score (nSPS) is 10.3. The Morgan fingerprint density at radius 3 is 2.55 bits per heavy atom. The smallest absolute Gasteiger partial charge is 0.303 e. The maximum atomic E-state index is 11.9. The van der Waals surface area contributed by atoms with Crippen LogP contribution in [0.3, 0.4) is 0 Å². The first kappa shape index (κ1) is 17.0. The van der Waals surface area contributed by atoms with E-state index in [1.165, 1.54) is 0 Å². The Balaban J connectivity index is 2.43. The number of rotatable bonds is 7. The number of benzene rings is 1. The molecule has 1 amide bonds. The number of carboxylic acid groups (broad SMARTS) is 1. The van der Waals surface area contributed by atoms with Gasteiger partial charge in [0.1, 0.15) is 0 Å². The van der Waals surface area contributed by atoms with E-state index >= 15 is 0 Å². The van der Waals surface area contributed by atoms with Gasteiger partial charge >= 0.3 is 5.97 Å². The van der Waals surface area contributed by atoms with E-state index in [4.69, 9.17) is 16.7 Å². The van der Waals surface area contributed by atoms with Crippen LogP contribution >= 0.6 is 27.5 Å². The van der Waals surface area contributed by atoms with E-state index in [-0.39, 0.29) is 12.3 Å². The third kappa shape index (κ3) is 5.92. The lowest BCUT2D eigenvalue weighted by molar-refractivity contribution is -0.137. The van der Waals surface area contributed by atoms with Gasteiger partial charge in [-0.3, -0.25) is 9.59 Å². The van der Waals surface area contributed by atoms with Gasteiger partial charge in [-0.15, -0.1) is 0 Å². The van der Waals surface area contributed by atoms with Gasteiger partial charge in [-0.2, -0.15) is 0 Å². The Morgan fingerprint density at radius 2 is 1.95 bits per heavy atom. The fourth-order valence-corrected chi connectivity index (χ4v) is 2.47. The second-order valence-electron chi connectivity index (χ2n) is 4.59. The largest absolute Gasteiger partial charge is 0.481 e. The fourth-order valence-electron chi connectivity index (χ4n) is 1.74. The van der Waals surface area contributed by atoms with Crippen molar-refractivity contribution in [2.75, 3.05) is 7.05 Å². The van der Waals surface area contributed by atoms with Crippen LogP contribution in [-0.4, -0.2) is 28.9 Å². The number of aliphatic carboxylic acids is 1. The molecule has 1 N–H and O–H groups in total. The predicted molar refractivity (Wildman–Crippen MR) is 81.7 cm³/mol. The first-order valence-corrected chi connectivity index (χ1v) is 7.47. The number of hydrogen-bond donors (Lipinski definition) is 1. The van der Waals surface area contributed by atoms with E-state index in [9.17, 15) is 9.59 Å². The van der Waals surface area contributed by atoms with Crippen molar-refractivity contribution < 1.29 is 14.7 Å². The van der Waals surface area contributed by atoms with Crippen LogP contribution in [0.15, 0.2) is 22.7 Å². The van der Waals surface area contributed by atoms with Crippen molar-refractivity contribution in [3.05, 3.63) is 33.3 Å². The Bertz CT molecular complexity index is 493. The quantitative estimate of drug-likeness (QED) is 0.752. The van der Waals surface area contributed by atoms with E-state index in [1.54, 1.807) is 18.0 Å². The summed E-state index contributed by atoms with van der Waals surface area (Å²) in [5.41, 5.74) is 0.885. The third-order valence-corrected chi connectivity index (χ3v) is 3.72. The van der Waals surface area contributed by atoms with Crippen LogP contribution in [-0.2, 0) is 16.1 Å². The van der Waals surface area contributed by atoms with Crippen LogP contribution < -0.4 is 0 Å². The average molecular weight is 363 g/mol. The lowest BCUT2D eigenvalue weighted by atomic mass is 10.1. The standard InChI is InChI=1S/C14H17BrClNO3/c1-17(13(18)4-2-3-5-14(19)20)9-10-6-7-11(15)8-12(10)16/h6-8H,2-5,9H2,1H3,(H,19,20). The van der Waals surface area contributed by atoms with Gasteiger partial charge in [-0.05, 0) is 30.5 Å². The number of carbonyl (C=O) groups is 2. The SMILES string of the molecule is CN(Cc1ccc(Br)cc1Cl)C(=O)CCCCC(=O)O. The molecule has 1 aromatic rings. The molecule has 0 radical (unpaired) electrons.